The van der Waals surface area contributed by atoms with E-state index in [0.717, 1.165) is 5.56 Å². The maximum atomic E-state index is 12.3. The lowest BCUT2D eigenvalue weighted by atomic mass is 10.1. The van der Waals surface area contributed by atoms with Crippen molar-refractivity contribution in [2.45, 2.75) is 26.1 Å². The molecule has 2 atom stereocenters. The maximum absolute atomic E-state index is 12.3. The van der Waals surface area contributed by atoms with Crippen molar-refractivity contribution in [1.29, 1.82) is 0 Å². The van der Waals surface area contributed by atoms with Gasteiger partial charge in [0.25, 0.3) is 5.91 Å². The predicted octanol–water partition coefficient (Wildman–Crippen LogP) is 3.37. The quantitative estimate of drug-likeness (QED) is 0.618. The number of fused-ring (bicyclic) bond motifs is 1. The molecule has 0 fully saturated rings. The Labute approximate surface area is 166 Å². The van der Waals surface area contributed by atoms with Gasteiger partial charge in [-0.05, 0) is 31.0 Å². The first kappa shape index (κ1) is 19.9. The molecule has 0 aliphatic rings. The summed E-state index contributed by atoms with van der Waals surface area (Å²) in [6.45, 7) is 3.40. The number of ether oxygens (including phenoxy) is 1. The highest BCUT2D eigenvalue weighted by atomic mass is 35.5. The molecule has 2 aromatic carbocycles. The van der Waals surface area contributed by atoms with Crippen LogP contribution >= 0.6 is 11.6 Å². The first-order valence-electron chi connectivity index (χ1n) is 8.76. The van der Waals surface area contributed by atoms with E-state index in [0.29, 0.717) is 21.6 Å². The summed E-state index contributed by atoms with van der Waals surface area (Å²) >= 11 is 6.25. The van der Waals surface area contributed by atoms with Gasteiger partial charge in [-0.25, -0.2) is 4.79 Å². The molecular formula is C21H20ClNO5. The Kier molecular flexibility index (Phi) is 6.02. The molecule has 1 aromatic heterocycles. The van der Waals surface area contributed by atoms with Gasteiger partial charge in [-0.15, -0.1) is 0 Å². The van der Waals surface area contributed by atoms with Crippen molar-refractivity contribution < 1.29 is 19.1 Å². The van der Waals surface area contributed by atoms with Crippen molar-refractivity contribution in [3.05, 3.63) is 75.1 Å². The summed E-state index contributed by atoms with van der Waals surface area (Å²) in [4.78, 5) is 23.9. The standard InChI is InChI=1S/C21H20ClNO5/c1-12-8-20(25)28-18-10-19(16(22)9-15(12)18)27-13(2)21(26)23-11-17(24)14-6-4-3-5-7-14/h3-10,13,17,24H,11H2,1-2H3,(H,23,26)/t13-,17-/m0/s1. The molecule has 2 N–H and O–H groups in total. The fraction of sp³-hybridized carbons (Fsp3) is 0.238. The maximum Gasteiger partial charge on any atom is 0.336 e. The van der Waals surface area contributed by atoms with Gasteiger partial charge in [-0.3, -0.25) is 4.79 Å². The highest BCUT2D eigenvalue weighted by molar-refractivity contribution is 6.32. The number of carbonyl (C=O) groups excluding carboxylic acids is 1. The number of aryl methyl sites for hydroxylation is 1. The molecule has 0 spiro atoms. The average molecular weight is 402 g/mol. The molecule has 0 aliphatic heterocycles. The second kappa shape index (κ2) is 8.46. The topological polar surface area (TPSA) is 88.8 Å². The lowest BCUT2D eigenvalue weighted by Crippen LogP contribution is -2.38. The number of aliphatic hydroxyl groups excluding tert-OH is 1. The third-order valence-electron chi connectivity index (χ3n) is 4.33. The first-order valence-corrected chi connectivity index (χ1v) is 9.14. The monoisotopic (exact) mass is 401 g/mol. The molecule has 3 aromatic rings. The zero-order valence-corrected chi connectivity index (χ0v) is 16.2. The highest BCUT2D eigenvalue weighted by Gasteiger charge is 2.19. The van der Waals surface area contributed by atoms with Crippen LogP contribution in [-0.4, -0.2) is 23.7 Å². The SMILES string of the molecule is Cc1cc(=O)oc2cc(O[C@@H](C)C(=O)NC[C@H](O)c3ccccc3)c(Cl)cc12. The van der Waals surface area contributed by atoms with Crippen LogP contribution in [0.5, 0.6) is 5.75 Å². The highest BCUT2D eigenvalue weighted by Crippen LogP contribution is 2.31. The van der Waals surface area contributed by atoms with Crippen molar-refractivity contribution in [3.63, 3.8) is 0 Å². The Morgan fingerprint density at radius 3 is 2.68 bits per heavy atom. The summed E-state index contributed by atoms with van der Waals surface area (Å²) in [5, 5.41) is 13.8. The van der Waals surface area contributed by atoms with Crippen LogP contribution in [0.1, 0.15) is 24.2 Å². The van der Waals surface area contributed by atoms with E-state index in [1.54, 1.807) is 32.0 Å². The summed E-state index contributed by atoms with van der Waals surface area (Å²) in [6.07, 6.45) is -1.69. The number of nitrogens with one attached hydrogen (secondary N) is 1. The Hall–Kier alpha value is -2.83. The average Bonchev–Trinajstić information content (AvgIpc) is 2.67. The molecule has 1 amide bonds. The van der Waals surface area contributed by atoms with E-state index in [1.807, 2.05) is 18.2 Å². The summed E-state index contributed by atoms with van der Waals surface area (Å²) < 4.78 is 10.8. The Morgan fingerprint density at radius 1 is 1.25 bits per heavy atom. The van der Waals surface area contributed by atoms with Crippen LogP contribution in [0.3, 0.4) is 0 Å². The van der Waals surface area contributed by atoms with Crippen LogP contribution in [0.2, 0.25) is 5.02 Å². The van der Waals surface area contributed by atoms with E-state index in [9.17, 15) is 14.7 Å². The summed E-state index contributed by atoms with van der Waals surface area (Å²) in [5.74, 6) is -0.175. The van der Waals surface area contributed by atoms with E-state index >= 15 is 0 Å². The fourth-order valence-corrected chi connectivity index (χ4v) is 3.00. The molecule has 0 saturated heterocycles. The van der Waals surface area contributed by atoms with E-state index in [2.05, 4.69) is 5.32 Å². The third kappa shape index (κ3) is 4.52. The number of hydrogen-bond acceptors (Lipinski definition) is 5. The Balaban J connectivity index is 1.68. The van der Waals surface area contributed by atoms with Gasteiger partial charge in [-0.2, -0.15) is 0 Å². The Bertz CT molecular complexity index is 1050. The molecule has 0 bridgehead atoms. The zero-order valence-electron chi connectivity index (χ0n) is 15.4. The fourth-order valence-electron chi connectivity index (χ4n) is 2.79. The van der Waals surface area contributed by atoms with Gasteiger partial charge in [0.1, 0.15) is 11.3 Å². The van der Waals surface area contributed by atoms with Crippen LogP contribution in [0.15, 0.2) is 57.7 Å². The van der Waals surface area contributed by atoms with Crippen molar-refractivity contribution in [2.75, 3.05) is 6.54 Å². The number of benzene rings is 2. The first-order chi connectivity index (χ1) is 13.3. The number of aliphatic hydroxyl groups is 1. The molecule has 6 nitrogen and oxygen atoms in total. The molecule has 0 aliphatic carbocycles. The number of carbonyl (C=O) groups is 1. The van der Waals surface area contributed by atoms with Crippen molar-refractivity contribution in [3.8, 4) is 5.75 Å². The number of halogens is 1. The molecule has 0 saturated carbocycles. The molecule has 7 heteroatoms. The van der Waals surface area contributed by atoms with Crippen molar-refractivity contribution >= 4 is 28.5 Å². The molecule has 1 heterocycles. The van der Waals surface area contributed by atoms with Crippen LogP contribution in [0.4, 0.5) is 0 Å². The molecule has 0 unspecified atom stereocenters. The summed E-state index contributed by atoms with van der Waals surface area (Å²) in [5.41, 5.74) is 1.30. The van der Waals surface area contributed by atoms with E-state index in [4.69, 9.17) is 20.8 Å². The smallest absolute Gasteiger partial charge is 0.336 e. The minimum atomic E-state index is -0.866. The molecule has 0 radical (unpaired) electrons. The van der Waals surface area contributed by atoms with Crippen molar-refractivity contribution in [1.82, 2.24) is 5.32 Å². The van der Waals surface area contributed by atoms with E-state index in [-0.39, 0.29) is 12.3 Å². The van der Waals surface area contributed by atoms with Crippen LogP contribution in [0, 0.1) is 6.92 Å². The van der Waals surface area contributed by atoms with Crippen molar-refractivity contribution in [2.24, 2.45) is 0 Å². The normalized spacial score (nSPS) is 13.1. The lowest BCUT2D eigenvalue weighted by Gasteiger charge is -2.18. The number of amides is 1. The van der Waals surface area contributed by atoms with Gasteiger partial charge in [0.2, 0.25) is 0 Å². The minimum Gasteiger partial charge on any atom is -0.479 e. The lowest BCUT2D eigenvalue weighted by molar-refractivity contribution is -0.127. The van der Waals surface area contributed by atoms with Gasteiger partial charge >= 0.3 is 5.63 Å². The third-order valence-corrected chi connectivity index (χ3v) is 4.63. The van der Waals surface area contributed by atoms with Crippen LogP contribution < -0.4 is 15.7 Å². The Morgan fingerprint density at radius 2 is 1.96 bits per heavy atom. The second-order valence-corrected chi connectivity index (χ2v) is 6.87. The van der Waals surface area contributed by atoms with E-state index < -0.39 is 23.7 Å². The van der Waals surface area contributed by atoms with Crippen LogP contribution in [-0.2, 0) is 4.79 Å². The van der Waals surface area contributed by atoms with Gasteiger partial charge in [0.15, 0.2) is 6.10 Å². The molecule has 146 valence electrons. The summed E-state index contributed by atoms with van der Waals surface area (Å²) in [6, 6.07) is 13.5. The van der Waals surface area contributed by atoms with Crippen LogP contribution in [0.25, 0.3) is 11.0 Å². The van der Waals surface area contributed by atoms with Gasteiger partial charge in [0.05, 0.1) is 11.1 Å². The number of hydrogen-bond donors (Lipinski definition) is 2. The van der Waals surface area contributed by atoms with Gasteiger partial charge < -0.3 is 19.6 Å². The number of rotatable bonds is 6. The van der Waals surface area contributed by atoms with Gasteiger partial charge in [0, 0.05) is 24.1 Å². The second-order valence-electron chi connectivity index (χ2n) is 6.46. The molecule has 3 rings (SSSR count). The molecular weight excluding hydrogens is 382 g/mol. The zero-order chi connectivity index (χ0) is 20.3. The predicted molar refractivity (Wildman–Crippen MR) is 107 cm³/mol. The minimum absolute atomic E-state index is 0.0517. The van der Waals surface area contributed by atoms with Gasteiger partial charge in [-0.1, -0.05) is 41.9 Å². The largest absolute Gasteiger partial charge is 0.479 e. The summed E-state index contributed by atoms with van der Waals surface area (Å²) in [7, 11) is 0. The molecule has 28 heavy (non-hydrogen) atoms. The van der Waals surface area contributed by atoms with E-state index in [1.165, 1.54) is 12.1 Å².